The summed E-state index contributed by atoms with van der Waals surface area (Å²) in [4.78, 5) is 38.6. The molecule has 0 amide bonds. The van der Waals surface area contributed by atoms with Gasteiger partial charge in [-0.25, -0.2) is 4.98 Å². The maximum Gasteiger partial charge on any atom is 0.209 e. The molecule has 0 N–H and O–H groups in total. The van der Waals surface area contributed by atoms with E-state index in [2.05, 4.69) is 4.98 Å². The van der Waals surface area contributed by atoms with Crippen LogP contribution in [-0.2, 0) is 16.6 Å². The van der Waals surface area contributed by atoms with Gasteiger partial charge in [-0.05, 0) is 12.8 Å². The SMILES string of the molecule is Cn1cnc(C(=O)C2CCCC(=O)C2=O)c1. The highest BCUT2D eigenvalue weighted by Crippen LogP contribution is 2.21. The van der Waals surface area contributed by atoms with Gasteiger partial charge in [0.25, 0.3) is 0 Å². The molecule has 0 aliphatic heterocycles. The van der Waals surface area contributed by atoms with Crippen LogP contribution < -0.4 is 0 Å². The number of carbonyl (C=O) groups is 3. The van der Waals surface area contributed by atoms with Crippen LogP contribution in [0.3, 0.4) is 0 Å². The molecule has 0 aromatic carbocycles. The Bertz CT molecular complexity index is 462. The zero-order valence-corrected chi connectivity index (χ0v) is 8.97. The summed E-state index contributed by atoms with van der Waals surface area (Å²) < 4.78 is 1.64. The molecule has 16 heavy (non-hydrogen) atoms. The fourth-order valence-corrected chi connectivity index (χ4v) is 1.88. The van der Waals surface area contributed by atoms with Crippen molar-refractivity contribution in [2.24, 2.45) is 13.0 Å². The molecule has 0 saturated heterocycles. The molecule has 1 aromatic rings. The fourth-order valence-electron chi connectivity index (χ4n) is 1.88. The molecule has 1 unspecified atom stereocenters. The number of hydrogen-bond acceptors (Lipinski definition) is 4. The highest BCUT2D eigenvalue weighted by atomic mass is 16.2. The second-order valence-electron chi connectivity index (χ2n) is 4.02. The lowest BCUT2D eigenvalue weighted by molar-refractivity contribution is -0.139. The first kappa shape index (κ1) is 10.7. The summed E-state index contributed by atoms with van der Waals surface area (Å²) in [5.74, 6) is -2.13. The molecule has 1 aliphatic rings. The minimum Gasteiger partial charge on any atom is -0.340 e. The highest BCUT2D eigenvalue weighted by Gasteiger charge is 2.35. The van der Waals surface area contributed by atoms with Crippen LogP contribution in [0.4, 0.5) is 0 Å². The molecule has 0 spiro atoms. The molecule has 0 bridgehead atoms. The van der Waals surface area contributed by atoms with Crippen LogP contribution in [-0.4, -0.2) is 26.9 Å². The van der Waals surface area contributed by atoms with E-state index in [1.165, 1.54) is 6.33 Å². The molecular formula is C11H12N2O3. The predicted molar refractivity (Wildman–Crippen MR) is 54.9 cm³/mol. The minimum absolute atomic E-state index is 0.260. The number of nitrogens with zero attached hydrogens (tertiary/aromatic N) is 2. The number of ketones is 3. The van der Waals surface area contributed by atoms with Crippen molar-refractivity contribution in [3.63, 3.8) is 0 Å². The molecule has 1 aromatic heterocycles. The van der Waals surface area contributed by atoms with E-state index in [-0.39, 0.29) is 17.9 Å². The number of hydrogen-bond donors (Lipinski definition) is 0. The Kier molecular flexibility index (Phi) is 2.68. The van der Waals surface area contributed by atoms with Crippen LogP contribution >= 0.6 is 0 Å². The van der Waals surface area contributed by atoms with Crippen molar-refractivity contribution in [2.75, 3.05) is 0 Å². The maximum absolute atomic E-state index is 11.9. The van der Waals surface area contributed by atoms with E-state index in [1.807, 2.05) is 0 Å². The first-order valence-electron chi connectivity index (χ1n) is 5.19. The molecule has 5 heteroatoms. The summed E-state index contributed by atoms with van der Waals surface area (Å²) in [6, 6.07) is 0. The molecule has 5 nitrogen and oxygen atoms in total. The Morgan fingerprint density at radius 2 is 2.25 bits per heavy atom. The third-order valence-electron chi connectivity index (χ3n) is 2.76. The molecular weight excluding hydrogens is 208 g/mol. The van der Waals surface area contributed by atoms with Crippen molar-refractivity contribution in [1.82, 2.24) is 9.55 Å². The molecule has 2 rings (SSSR count). The fraction of sp³-hybridized carbons (Fsp3) is 0.455. The second-order valence-corrected chi connectivity index (χ2v) is 4.02. The molecule has 1 saturated carbocycles. The van der Waals surface area contributed by atoms with E-state index in [1.54, 1.807) is 17.8 Å². The van der Waals surface area contributed by atoms with Crippen LogP contribution in [0.15, 0.2) is 12.5 Å². The highest BCUT2D eigenvalue weighted by molar-refractivity contribution is 6.42. The second kappa shape index (κ2) is 4.00. The summed E-state index contributed by atoms with van der Waals surface area (Å²) in [5.41, 5.74) is 0.260. The Labute approximate surface area is 92.5 Å². The Balaban J connectivity index is 2.21. The topological polar surface area (TPSA) is 69.0 Å². The van der Waals surface area contributed by atoms with Gasteiger partial charge in [0.2, 0.25) is 5.78 Å². The van der Waals surface area contributed by atoms with E-state index in [0.717, 1.165) is 0 Å². The van der Waals surface area contributed by atoms with Gasteiger partial charge in [0.05, 0.1) is 12.2 Å². The Morgan fingerprint density at radius 3 is 2.88 bits per heavy atom. The van der Waals surface area contributed by atoms with Crippen LogP contribution in [0.1, 0.15) is 29.8 Å². The van der Waals surface area contributed by atoms with Crippen molar-refractivity contribution >= 4 is 17.3 Å². The zero-order chi connectivity index (χ0) is 11.7. The van der Waals surface area contributed by atoms with E-state index < -0.39 is 17.5 Å². The molecule has 1 aliphatic carbocycles. The first-order chi connectivity index (χ1) is 7.59. The third kappa shape index (κ3) is 1.80. The Morgan fingerprint density at radius 1 is 1.50 bits per heavy atom. The summed E-state index contributed by atoms with van der Waals surface area (Å²) in [6.07, 6.45) is 4.40. The molecule has 84 valence electrons. The van der Waals surface area contributed by atoms with E-state index >= 15 is 0 Å². The minimum atomic E-state index is -0.809. The van der Waals surface area contributed by atoms with E-state index in [9.17, 15) is 14.4 Å². The number of carbonyl (C=O) groups excluding carboxylic acids is 3. The predicted octanol–water partition coefficient (Wildman–Crippen LogP) is 0.541. The quantitative estimate of drug-likeness (QED) is 0.414. The van der Waals surface area contributed by atoms with Gasteiger partial charge in [-0.3, -0.25) is 14.4 Å². The zero-order valence-electron chi connectivity index (χ0n) is 8.97. The van der Waals surface area contributed by atoms with Crippen LogP contribution in [0.25, 0.3) is 0 Å². The van der Waals surface area contributed by atoms with Crippen LogP contribution in [0, 0.1) is 5.92 Å². The van der Waals surface area contributed by atoms with Gasteiger partial charge >= 0.3 is 0 Å². The van der Waals surface area contributed by atoms with Gasteiger partial charge in [-0.2, -0.15) is 0 Å². The average molecular weight is 220 g/mol. The van der Waals surface area contributed by atoms with Gasteiger partial charge in [-0.1, -0.05) is 0 Å². The molecule has 1 atom stereocenters. The van der Waals surface area contributed by atoms with Crippen molar-refractivity contribution in [2.45, 2.75) is 19.3 Å². The first-order valence-corrected chi connectivity index (χ1v) is 5.19. The van der Waals surface area contributed by atoms with E-state index in [4.69, 9.17) is 0 Å². The number of Topliss-reactive ketones (excluding diaryl/α,β-unsaturated/α-hetero) is 3. The van der Waals surface area contributed by atoms with Crippen molar-refractivity contribution in [3.8, 4) is 0 Å². The smallest absolute Gasteiger partial charge is 0.209 e. The lowest BCUT2D eigenvalue weighted by Gasteiger charge is -2.16. The largest absolute Gasteiger partial charge is 0.340 e. The molecule has 1 fully saturated rings. The van der Waals surface area contributed by atoms with Gasteiger partial charge in [0.15, 0.2) is 11.6 Å². The van der Waals surface area contributed by atoms with Crippen molar-refractivity contribution in [3.05, 3.63) is 18.2 Å². The van der Waals surface area contributed by atoms with E-state index in [0.29, 0.717) is 12.8 Å². The lowest BCUT2D eigenvalue weighted by atomic mass is 9.83. The number of aryl methyl sites for hydroxylation is 1. The average Bonchev–Trinajstić information content (AvgIpc) is 2.68. The van der Waals surface area contributed by atoms with Crippen LogP contribution in [0.2, 0.25) is 0 Å². The number of rotatable bonds is 2. The summed E-state index contributed by atoms with van der Waals surface area (Å²) in [6.45, 7) is 0. The molecule has 0 radical (unpaired) electrons. The van der Waals surface area contributed by atoms with Gasteiger partial charge in [0, 0.05) is 19.7 Å². The Hall–Kier alpha value is -1.78. The van der Waals surface area contributed by atoms with Crippen molar-refractivity contribution in [1.29, 1.82) is 0 Å². The van der Waals surface area contributed by atoms with Gasteiger partial charge < -0.3 is 4.57 Å². The van der Waals surface area contributed by atoms with Crippen molar-refractivity contribution < 1.29 is 14.4 Å². The summed E-state index contributed by atoms with van der Waals surface area (Å²) in [7, 11) is 1.75. The number of aromatic nitrogens is 2. The van der Waals surface area contributed by atoms with Gasteiger partial charge in [-0.15, -0.1) is 0 Å². The van der Waals surface area contributed by atoms with Crippen LogP contribution in [0.5, 0.6) is 0 Å². The summed E-state index contributed by atoms with van der Waals surface area (Å²) >= 11 is 0. The summed E-state index contributed by atoms with van der Waals surface area (Å²) in [5, 5.41) is 0. The monoisotopic (exact) mass is 220 g/mol. The third-order valence-corrected chi connectivity index (χ3v) is 2.76. The number of imidazole rings is 1. The van der Waals surface area contributed by atoms with Gasteiger partial charge in [0.1, 0.15) is 5.69 Å². The normalized spacial score (nSPS) is 21.2. The lowest BCUT2D eigenvalue weighted by Crippen LogP contribution is -2.34. The molecule has 1 heterocycles. The standard InChI is InChI=1S/C11H12N2O3/c1-13-5-8(12-6-13)10(15)7-3-2-4-9(14)11(7)16/h5-7H,2-4H2,1H3. The maximum atomic E-state index is 11.9.